The van der Waals surface area contributed by atoms with Crippen molar-refractivity contribution in [2.75, 3.05) is 0 Å². The number of hydrogen-bond acceptors (Lipinski definition) is 2. The van der Waals surface area contributed by atoms with Gasteiger partial charge in [0.05, 0.1) is 0 Å². The van der Waals surface area contributed by atoms with E-state index in [4.69, 9.17) is 10.9 Å². The second kappa shape index (κ2) is 3.01. The molecule has 0 aromatic heterocycles. The highest BCUT2D eigenvalue weighted by Gasteiger charge is 1.84. The monoisotopic (exact) mass is 102 g/mol. The molecule has 0 aliphatic rings. The first-order valence-electron chi connectivity index (χ1n) is 1.77. The van der Waals surface area contributed by atoms with Crippen LogP contribution in [-0.2, 0) is 0 Å². The van der Waals surface area contributed by atoms with Gasteiger partial charge in [0, 0.05) is 4.70 Å². The van der Waals surface area contributed by atoms with E-state index in [0.717, 1.165) is 0 Å². The molecule has 0 spiro atoms. The number of nitrogens with two attached hydrogens (primary N) is 1. The van der Waals surface area contributed by atoms with Crippen molar-refractivity contribution in [1.29, 1.82) is 0 Å². The first kappa shape index (κ1) is 5.80. The van der Waals surface area contributed by atoms with Crippen LogP contribution in [0.25, 0.3) is 0 Å². The molecule has 4 heteroatoms. The van der Waals surface area contributed by atoms with Gasteiger partial charge in [-0.05, 0) is 0 Å². The maximum absolute atomic E-state index is 7.83. The molecular weight excluding hydrogens is 95.0 g/mol. The lowest BCUT2D eigenvalue weighted by Crippen LogP contribution is -2.16. The summed E-state index contributed by atoms with van der Waals surface area (Å²) in [4.78, 5) is 0. The van der Waals surface area contributed by atoms with Crippen LogP contribution in [0, 0.1) is 0 Å². The third-order valence-corrected chi connectivity index (χ3v) is 1.36. The maximum atomic E-state index is 7.83. The highest BCUT2D eigenvalue weighted by molar-refractivity contribution is 6.73. The van der Waals surface area contributed by atoms with Crippen molar-refractivity contribution in [2.24, 2.45) is 10.9 Å². The van der Waals surface area contributed by atoms with Crippen LogP contribution in [0.5, 0.6) is 0 Å². The highest BCUT2D eigenvalue weighted by atomic mass is 27.1. The van der Waals surface area contributed by atoms with Gasteiger partial charge in [-0.2, -0.15) is 0 Å². The Morgan fingerprint density at radius 1 is 2.00 bits per heavy atom. The predicted octanol–water partition coefficient (Wildman–Crippen LogP) is -0.825. The zero-order chi connectivity index (χ0) is 4.99. The van der Waals surface area contributed by atoms with Crippen molar-refractivity contribution in [1.82, 2.24) is 0 Å². The normalized spacial score (nSPS) is 11.2. The van der Waals surface area contributed by atoms with Crippen molar-refractivity contribution in [2.45, 2.75) is 5.79 Å². The number of amidine groups is 1. The Morgan fingerprint density at radius 3 is 2.50 bits per heavy atom. The second-order valence-corrected chi connectivity index (χ2v) is 2.38. The standard InChI is InChI=1S/CH3N2O.CH3.Al.H/c2-1-3-4;;;/h4H,(H2,2,3);1H3;;. The summed E-state index contributed by atoms with van der Waals surface area (Å²) in [6, 6.07) is 0. The average molecular weight is 102 g/mol. The van der Waals surface area contributed by atoms with Gasteiger partial charge in [0.1, 0.15) is 0 Å². The lowest BCUT2D eigenvalue weighted by Gasteiger charge is -1.81. The smallest absolute Gasteiger partial charge is 0.342 e. The molecule has 0 fully saturated rings. The molecule has 0 amide bonds. The molecule has 0 aliphatic heterocycles. The number of rotatable bonds is 1. The molecule has 0 aromatic rings. The van der Waals surface area contributed by atoms with Crippen LogP contribution in [0.4, 0.5) is 0 Å². The Kier molecular flexibility index (Phi) is 2.91. The molecule has 0 atom stereocenters. The molecule has 0 saturated heterocycles. The summed E-state index contributed by atoms with van der Waals surface area (Å²) in [5.41, 5.74) is 5.03. The van der Waals surface area contributed by atoms with E-state index < -0.39 is 0 Å². The average Bonchev–Trinajstić information content (AvgIpc) is 1.65. The predicted molar refractivity (Wildman–Crippen MR) is 26.4 cm³/mol. The minimum Gasteiger partial charge on any atom is -0.411 e. The molecule has 0 aromatic carbocycles. The quantitative estimate of drug-likeness (QED) is 0.149. The molecule has 0 rings (SSSR count). The largest absolute Gasteiger partial charge is 0.411 e. The van der Waals surface area contributed by atoms with E-state index in [1.807, 2.05) is 5.79 Å². The summed E-state index contributed by atoms with van der Waals surface area (Å²) < 4.78 is 0.412. The summed E-state index contributed by atoms with van der Waals surface area (Å²) in [5.74, 6) is 1.95. The number of nitrogens with zero attached hydrogens (tertiary/aromatic N) is 1. The van der Waals surface area contributed by atoms with E-state index in [0.29, 0.717) is 4.70 Å². The summed E-state index contributed by atoms with van der Waals surface area (Å²) in [5, 5.41) is 10.6. The van der Waals surface area contributed by atoms with E-state index in [1.165, 1.54) is 0 Å². The number of hydrogen-bond donors (Lipinski definition) is 2. The van der Waals surface area contributed by atoms with Crippen LogP contribution in [0.3, 0.4) is 0 Å². The summed E-state index contributed by atoms with van der Waals surface area (Å²) >= 11 is -0.384. The fourth-order valence-electron chi connectivity index (χ4n) is 0.0707. The Labute approximate surface area is 42.5 Å². The zero-order valence-electron chi connectivity index (χ0n) is 3.68. The van der Waals surface area contributed by atoms with Crippen molar-refractivity contribution < 1.29 is 5.21 Å². The van der Waals surface area contributed by atoms with Crippen LogP contribution < -0.4 is 5.73 Å². The van der Waals surface area contributed by atoms with E-state index in [9.17, 15) is 0 Å². The fraction of sp³-hybridized carbons (Fsp3) is 0.500. The minimum atomic E-state index is -0.384. The molecule has 34 valence electrons. The summed E-state index contributed by atoms with van der Waals surface area (Å²) in [6.45, 7) is 0. The second-order valence-electron chi connectivity index (χ2n) is 0.945. The molecule has 0 unspecified atom stereocenters. The van der Waals surface area contributed by atoms with E-state index >= 15 is 0 Å². The van der Waals surface area contributed by atoms with Crippen molar-refractivity contribution in [3.05, 3.63) is 0 Å². The number of oxime groups is 1. The minimum absolute atomic E-state index is 0.384. The van der Waals surface area contributed by atoms with Crippen LogP contribution in [0.15, 0.2) is 5.16 Å². The molecule has 0 bridgehead atoms. The molecule has 3 N–H and O–H groups in total. The maximum Gasteiger partial charge on any atom is 0.342 e. The first-order chi connectivity index (χ1) is 2.81. The van der Waals surface area contributed by atoms with Gasteiger partial charge < -0.3 is 10.9 Å². The Bertz CT molecular complexity index is 62.6. The first-order valence-corrected chi connectivity index (χ1v) is 3.89. The van der Waals surface area contributed by atoms with Gasteiger partial charge in [0.15, 0.2) is 0 Å². The van der Waals surface area contributed by atoms with Crippen molar-refractivity contribution in [3.63, 3.8) is 0 Å². The molecule has 6 heavy (non-hydrogen) atoms. The van der Waals surface area contributed by atoms with E-state index in [1.54, 1.807) is 0 Å². The van der Waals surface area contributed by atoms with E-state index in [2.05, 4.69) is 5.16 Å². The Hall–Kier alpha value is -0.198. The third-order valence-electron chi connectivity index (χ3n) is 0.491. The molecular formula is C2H7AlN2O. The molecule has 0 saturated carbocycles. The summed E-state index contributed by atoms with van der Waals surface area (Å²) in [7, 11) is 0. The molecule has 0 heterocycles. The molecule has 0 radical (unpaired) electrons. The Balaban J connectivity index is 3.22. The van der Waals surface area contributed by atoms with Gasteiger partial charge in [-0.15, -0.1) is 5.79 Å². The van der Waals surface area contributed by atoms with Crippen LogP contribution in [0.2, 0.25) is 5.79 Å². The van der Waals surface area contributed by atoms with Gasteiger partial charge in [0.25, 0.3) is 0 Å². The third kappa shape index (κ3) is 2.07. The van der Waals surface area contributed by atoms with E-state index in [-0.39, 0.29) is 15.2 Å². The molecule has 0 aliphatic carbocycles. The van der Waals surface area contributed by atoms with Crippen molar-refractivity contribution in [3.8, 4) is 0 Å². The van der Waals surface area contributed by atoms with Gasteiger partial charge in [-0.25, -0.2) is 0 Å². The van der Waals surface area contributed by atoms with Crippen LogP contribution in [-0.4, -0.2) is 25.1 Å². The fourth-order valence-corrected chi connectivity index (χ4v) is 0.212. The molecule has 3 nitrogen and oxygen atoms in total. The SMILES string of the molecule is [CH3][AlH]/[C](N)=N/O. The topological polar surface area (TPSA) is 58.6 Å². The Morgan fingerprint density at radius 2 is 2.50 bits per heavy atom. The van der Waals surface area contributed by atoms with Crippen molar-refractivity contribution >= 4 is 19.9 Å². The summed E-state index contributed by atoms with van der Waals surface area (Å²) in [6.07, 6.45) is 0. The zero-order valence-corrected chi connectivity index (χ0v) is 5.09. The van der Waals surface area contributed by atoms with Gasteiger partial charge in [-0.1, -0.05) is 5.16 Å². The lowest BCUT2D eigenvalue weighted by atomic mass is 11.4. The van der Waals surface area contributed by atoms with Gasteiger partial charge in [-0.3, -0.25) is 0 Å². The van der Waals surface area contributed by atoms with Crippen LogP contribution >= 0.6 is 0 Å². The highest BCUT2D eigenvalue weighted by Crippen LogP contribution is 1.56. The lowest BCUT2D eigenvalue weighted by molar-refractivity contribution is 0.320. The van der Waals surface area contributed by atoms with Gasteiger partial charge >= 0.3 is 15.2 Å². The van der Waals surface area contributed by atoms with Crippen LogP contribution in [0.1, 0.15) is 0 Å². The van der Waals surface area contributed by atoms with Gasteiger partial charge in [0.2, 0.25) is 0 Å².